The van der Waals surface area contributed by atoms with Gasteiger partial charge in [-0.2, -0.15) is 0 Å². The number of nitro benzene ring substituents is 1. The van der Waals surface area contributed by atoms with Crippen LogP contribution in [0.3, 0.4) is 0 Å². The number of rotatable bonds is 5. The van der Waals surface area contributed by atoms with Gasteiger partial charge in [0.15, 0.2) is 6.61 Å². The quantitative estimate of drug-likeness (QED) is 0.592. The van der Waals surface area contributed by atoms with Gasteiger partial charge < -0.3 is 14.6 Å². The summed E-state index contributed by atoms with van der Waals surface area (Å²) in [6.45, 7) is -0.791. The number of aromatic carboxylic acids is 1. The maximum absolute atomic E-state index is 11.3. The average Bonchev–Trinajstić information content (AvgIpc) is 2.44. The fourth-order valence-corrected chi connectivity index (χ4v) is 1.33. The lowest BCUT2D eigenvalue weighted by molar-refractivity contribution is -0.385. The Morgan fingerprint density at radius 3 is 2.57 bits per heavy atom. The highest BCUT2D eigenvalue weighted by Gasteiger charge is 2.24. The van der Waals surface area contributed by atoms with Gasteiger partial charge in [0.25, 0.3) is 5.91 Å². The number of carbonyl (C=O) groups excluding carboxylic acids is 2. The maximum atomic E-state index is 11.3. The van der Waals surface area contributed by atoms with Crippen LogP contribution in [0.15, 0.2) is 18.2 Å². The number of nitrogens with zero attached hydrogens (tertiary/aromatic N) is 1. The van der Waals surface area contributed by atoms with Gasteiger partial charge >= 0.3 is 17.7 Å². The van der Waals surface area contributed by atoms with Crippen molar-refractivity contribution < 1.29 is 33.9 Å². The molecule has 0 spiro atoms. The smallest absolute Gasteiger partial charge is 0.413 e. The van der Waals surface area contributed by atoms with Crippen LogP contribution >= 0.6 is 0 Å². The Balaban J connectivity index is 2.96. The fraction of sp³-hybridized carbons (Fsp3) is 0.182. The Bertz CT molecular complexity index is 566. The van der Waals surface area contributed by atoms with Crippen LogP contribution < -0.4 is 10.1 Å². The summed E-state index contributed by atoms with van der Waals surface area (Å²) in [5, 5.41) is 21.5. The molecule has 0 heterocycles. The number of imide groups is 1. The number of hydrogen-bond acceptors (Lipinski definition) is 7. The van der Waals surface area contributed by atoms with Gasteiger partial charge in [0.05, 0.1) is 12.0 Å². The highest BCUT2D eigenvalue weighted by molar-refractivity contribution is 5.94. The molecule has 0 aliphatic heterocycles. The molecule has 1 aromatic rings. The van der Waals surface area contributed by atoms with E-state index in [1.165, 1.54) is 6.07 Å². The summed E-state index contributed by atoms with van der Waals surface area (Å²) in [5.41, 5.74) is -1.09. The second kappa shape index (κ2) is 6.84. The minimum absolute atomic E-state index is 0.477. The highest BCUT2D eigenvalue weighted by Crippen LogP contribution is 2.30. The lowest BCUT2D eigenvalue weighted by Gasteiger charge is -2.09. The van der Waals surface area contributed by atoms with Crippen LogP contribution in [0.5, 0.6) is 5.75 Å². The van der Waals surface area contributed by atoms with E-state index in [4.69, 9.17) is 9.84 Å². The van der Waals surface area contributed by atoms with Crippen molar-refractivity contribution in [2.24, 2.45) is 0 Å². The third-order valence-corrected chi connectivity index (χ3v) is 2.20. The molecule has 10 heteroatoms. The van der Waals surface area contributed by atoms with Gasteiger partial charge in [-0.15, -0.1) is 0 Å². The molecule has 1 rings (SSSR count). The van der Waals surface area contributed by atoms with E-state index in [9.17, 15) is 24.5 Å². The van der Waals surface area contributed by atoms with Crippen molar-refractivity contribution in [3.8, 4) is 5.75 Å². The zero-order valence-electron chi connectivity index (χ0n) is 10.7. The molecule has 0 aliphatic rings. The lowest BCUT2D eigenvalue weighted by atomic mass is 10.2. The van der Waals surface area contributed by atoms with Crippen LogP contribution in [-0.2, 0) is 9.53 Å². The predicted octanol–water partition coefficient (Wildman–Crippen LogP) is 0.554. The number of benzene rings is 1. The minimum atomic E-state index is -1.46. The number of hydrogen-bond donors (Lipinski definition) is 2. The van der Waals surface area contributed by atoms with Gasteiger partial charge in [-0.1, -0.05) is 6.07 Å². The third-order valence-electron chi connectivity index (χ3n) is 2.20. The van der Waals surface area contributed by atoms with Crippen LogP contribution in [0.1, 0.15) is 10.4 Å². The topological polar surface area (TPSA) is 145 Å². The standard InChI is InChI=1S/C11H10N2O8/c1-20-11(17)12-8(14)5-21-9-6(10(15)16)3-2-4-7(9)13(18)19/h2-4H,5H2,1H3,(H,15,16)(H,12,14,17). The number of methoxy groups -OCH3 is 1. The van der Waals surface area contributed by atoms with E-state index in [1.807, 2.05) is 0 Å². The van der Waals surface area contributed by atoms with Gasteiger partial charge in [-0.25, -0.2) is 9.59 Å². The largest absolute Gasteiger partial charge is 0.478 e. The van der Waals surface area contributed by atoms with E-state index >= 15 is 0 Å². The van der Waals surface area contributed by atoms with Crippen LogP contribution in [-0.4, -0.2) is 41.7 Å². The summed E-state index contributed by atoms with van der Waals surface area (Å²) in [5.74, 6) is -2.98. The van der Waals surface area contributed by atoms with Gasteiger partial charge in [0.2, 0.25) is 5.75 Å². The van der Waals surface area contributed by atoms with E-state index in [1.54, 1.807) is 5.32 Å². The van der Waals surface area contributed by atoms with Crippen molar-refractivity contribution in [2.45, 2.75) is 0 Å². The summed E-state index contributed by atoms with van der Waals surface area (Å²) >= 11 is 0. The molecule has 10 nitrogen and oxygen atoms in total. The van der Waals surface area contributed by atoms with Crippen LogP contribution in [0.4, 0.5) is 10.5 Å². The van der Waals surface area contributed by atoms with Crippen molar-refractivity contribution in [1.82, 2.24) is 5.32 Å². The van der Waals surface area contributed by atoms with Crippen molar-refractivity contribution in [3.05, 3.63) is 33.9 Å². The van der Waals surface area contributed by atoms with E-state index < -0.39 is 46.5 Å². The van der Waals surface area contributed by atoms with E-state index in [0.29, 0.717) is 0 Å². The van der Waals surface area contributed by atoms with E-state index in [-0.39, 0.29) is 0 Å². The number of amides is 2. The fourth-order valence-electron chi connectivity index (χ4n) is 1.33. The molecular weight excluding hydrogens is 288 g/mol. The summed E-state index contributed by atoms with van der Waals surface area (Å²) in [7, 11) is 1.04. The Hall–Kier alpha value is -3.17. The van der Waals surface area contributed by atoms with E-state index in [2.05, 4.69) is 4.74 Å². The molecule has 0 unspecified atom stereocenters. The van der Waals surface area contributed by atoms with Crippen LogP contribution in [0.2, 0.25) is 0 Å². The number of carboxylic acids is 1. The predicted molar refractivity (Wildman–Crippen MR) is 66.1 cm³/mol. The number of alkyl carbamates (subject to hydrolysis) is 1. The monoisotopic (exact) mass is 298 g/mol. The molecule has 0 radical (unpaired) electrons. The van der Waals surface area contributed by atoms with Crippen molar-refractivity contribution in [3.63, 3.8) is 0 Å². The van der Waals surface area contributed by atoms with Crippen LogP contribution in [0.25, 0.3) is 0 Å². The summed E-state index contributed by atoms with van der Waals surface area (Å²) in [4.78, 5) is 43.0. The molecule has 0 saturated heterocycles. The Morgan fingerprint density at radius 2 is 2.05 bits per heavy atom. The number of para-hydroxylation sites is 1. The number of carbonyl (C=O) groups is 3. The molecule has 0 saturated carbocycles. The van der Waals surface area contributed by atoms with Gasteiger partial charge in [0, 0.05) is 6.07 Å². The normalized spacial score (nSPS) is 9.57. The Morgan fingerprint density at radius 1 is 1.38 bits per heavy atom. The molecule has 0 fully saturated rings. The molecule has 2 amide bonds. The number of nitrogens with one attached hydrogen (secondary N) is 1. The van der Waals surface area contributed by atoms with E-state index in [0.717, 1.165) is 19.2 Å². The minimum Gasteiger partial charge on any atom is -0.478 e. The molecule has 112 valence electrons. The van der Waals surface area contributed by atoms with Crippen molar-refractivity contribution in [2.75, 3.05) is 13.7 Å². The Labute approximate surface area is 117 Å². The second-order valence-corrected chi connectivity index (χ2v) is 3.54. The number of ether oxygens (including phenoxy) is 2. The first-order chi connectivity index (χ1) is 9.86. The van der Waals surface area contributed by atoms with Gasteiger partial charge in [-0.3, -0.25) is 20.2 Å². The first kappa shape index (κ1) is 15.9. The lowest BCUT2D eigenvalue weighted by Crippen LogP contribution is -2.34. The molecule has 0 aliphatic carbocycles. The highest BCUT2D eigenvalue weighted by atomic mass is 16.6. The second-order valence-electron chi connectivity index (χ2n) is 3.54. The molecule has 2 N–H and O–H groups in total. The first-order valence-corrected chi connectivity index (χ1v) is 5.38. The first-order valence-electron chi connectivity index (χ1n) is 5.38. The summed E-state index contributed by atoms with van der Waals surface area (Å²) in [6.07, 6.45) is -1.04. The molecular formula is C11H10N2O8. The average molecular weight is 298 g/mol. The molecule has 0 bridgehead atoms. The molecule has 0 aromatic heterocycles. The summed E-state index contributed by atoms with van der Waals surface area (Å²) in [6, 6.07) is 3.28. The maximum Gasteiger partial charge on any atom is 0.413 e. The SMILES string of the molecule is COC(=O)NC(=O)COc1c(C(=O)O)cccc1[N+](=O)[O-]. The number of nitro groups is 1. The van der Waals surface area contributed by atoms with Crippen molar-refractivity contribution >= 4 is 23.7 Å². The van der Waals surface area contributed by atoms with Crippen molar-refractivity contribution in [1.29, 1.82) is 0 Å². The van der Waals surface area contributed by atoms with Gasteiger partial charge in [-0.05, 0) is 6.07 Å². The molecule has 0 atom stereocenters. The van der Waals surface area contributed by atoms with Gasteiger partial charge in [0.1, 0.15) is 5.56 Å². The summed E-state index contributed by atoms with van der Waals surface area (Å²) < 4.78 is 9.02. The molecule has 21 heavy (non-hydrogen) atoms. The zero-order chi connectivity index (χ0) is 16.0. The van der Waals surface area contributed by atoms with Crippen LogP contribution in [0, 0.1) is 10.1 Å². The number of carboxylic acid groups (broad SMARTS) is 1. The third kappa shape index (κ3) is 4.16. The Kier molecular flexibility index (Phi) is 5.17. The zero-order valence-corrected chi connectivity index (χ0v) is 10.7. The molecule has 1 aromatic carbocycles.